The molecule has 2 N–H and O–H groups in total. The maximum Gasteiger partial charge on any atom is 0.303 e. The molecule has 0 radical (unpaired) electrons. The van der Waals surface area contributed by atoms with E-state index in [2.05, 4.69) is 13.8 Å². The van der Waals surface area contributed by atoms with Gasteiger partial charge in [0.05, 0.1) is 0 Å². The summed E-state index contributed by atoms with van der Waals surface area (Å²) in [6.07, 6.45) is 28.7. The summed E-state index contributed by atoms with van der Waals surface area (Å²) in [6.45, 7) is 4.49. The Balaban J connectivity index is -0.000000250. The van der Waals surface area contributed by atoms with Crippen LogP contribution in [0.3, 0.4) is 0 Å². The number of rotatable bonds is 24. The van der Waals surface area contributed by atoms with Crippen LogP contribution in [0, 0.1) is 0 Å². The van der Waals surface area contributed by atoms with Crippen molar-refractivity contribution in [3.8, 4) is 0 Å². The van der Waals surface area contributed by atoms with E-state index in [0.717, 1.165) is 25.7 Å². The molecule has 0 bridgehead atoms. The van der Waals surface area contributed by atoms with Crippen molar-refractivity contribution in [1.82, 2.24) is 0 Å². The first-order chi connectivity index (χ1) is 15.5. The highest BCUT2D eigenvalue weighted by Gasteiger charge is 1.97. The van der Waals surface area contributed by atoms with Gasteiger partial charge in [-0.2, -0.15) is 0 Å². The predicted octanol–water partition coefficient (Wildman–Crippen LogP) is 10.4. The molecule has 208 valence electrons. The van der Waals surface area contributed by atoms with Crippen molar-refractivity contribution in [3.05, 3.63) is 0 Å². The molecule has 0 aromatic carbocycles. The zero-order valence-corrected chi connectivity index (χ0v) is 24.1. The highest BCUT2D eigenvalue weighted by atomic mass is 35.5. The van der Waals surface area contributed by atoms with Gasteiger partial charge in [-0.05, 0) is 12.8 Å². The Kier molecular flexibility index (Phi) is 44.4. The lowest BCUT2D eigenvalue weighted by Gasteiger charge is -2.01. The van der Waals surface area contributed by atoms with Gasteiger partial charge in [0.2, 0.25) is 0 Å². The van der Waals surface area contributed by atoms with E-state index >= 15 is 0 Å². The van der Waals surface area contributed by atoms with Gasteiger partial charge in [0, 0.05) is 12.8 Å². The molecule has 0 unspecified atom stereocenters. The number of aliphatic carboxylic acids is 2. The summed E-state index contributed by atoms with van der Waals surface area (Å²) < 4.78 is 0. The van der Waals surface area contributed by atoms with Gasteiger partial charge in [-0.1, -0.05) is 142 Å². The van der Waals surface area contributed by atoms with E-state index in [1.54, 1.807) is 0 Å². The van der Waals surface area contributed by atoms with Crippen molar-refractivity contribution in [2.24, 2.45) is 0 Å². The summed E-state index contributed by atoms with van der Waals surface area (Å²) in [5, 5.41) is 16.9. The first-order valence-corrected chi connectivity index (χ1v) is 14.0. The third kappa shape index (κ3) is 45.1. The Hall–Kier alpha value is -0.480. The van der Waals surface area contributed by atoms with Gasteiger partial charge >= 0.3 is 11.9 Å². The normalized spacial score (nSPS) is 9.94. The second-order valence-electron chi connectivity index (χ2n) is 9.36. The van der Waals surface area contributed by atoms with Crippen LogP contribution < -0.4 is 0 Å². The van der Waals surface area contributed by atoms with Crippen LogP contribution in [0.5, 0.6) is 0 Å². The highest BCUT2D eigenvalue weighted by molar-refractivity contribution is 5.85. The molecular weight excluding hydrogens is 471 g/mol. The summed E-state index contributed by atoms with van der Waals surface area (Å²) >= 11 is 0. The average molecular weight is 530 g/mol. The van der Waals surface area contributed by atoms with Gasteiger partial charge < -0.3 is 10.2 Å². The summed E-state index contributed by atoms with van der Waals surface area (Å²) in [7, 11) is 0. The van der Waals surface area contributed by atoms with Crippen molar-refractivity contribution in [2.75, 3.05) is 0 Å². The molecule has 0 aromatic heterocycles. The molecular formula is C28H58Cl2O4. The third-order valence-electron chi connectivity index (χ3n) is 5.99. The summed E-state index contributed by atoms with van der Waals surface area (Å²) in [6, 6.07) is 0. The second kappa shape index (κ2) is 37.1. The average Bonchev–Trinajstić information content (AvgIpc) is 2.76. The molecule has 0 aromatic rings. The summed E-state index contributed by atoms with van der Waals surface area (Å²) in [4.78, 5) is 20.5. The van der Waals surface area contributed by atoms with Crippen molar-refractivity contribution in [2.45, 2.75) is 168 Å². The molecule has 0 saturated carbocycles. The number of unbranched alkanes of at least 4 members (excludes halogenated alkanes) is 20. The lowest BCUT2D eigenvalue weighted by Crippen LogP contribution is -1.93. The molecule has 0 atom stereocenters. The number of hydrogen-bond acceptors (Lipinski definition) is 2. The Labute approximate surface area is 224 Å². The SMILES string of the molecule is CCCCCCCCCCCCCC(=O)O.CCCCCCCCCCCCCC(=O)O.Cl.Cl. The van der Waals surface area contributed by atoms with Crippen LogP contribution in [0.15, 0.2) is 0 Å². The Bertz CT molecular complexity index is 357. The molecule has 0 saturated heterocycles. The van der Waals surface area contributed by atoms with E-state index in [-0.39, 0.29) is 24.8 Å². The van der Waals surface area contributed by atoms with E-state index in [4.69, 9.17) is 10.2 Å². The molecule has 0 fully saturated rings. The first kappa shape index (κ1) is 40.7. The van der Waals surface area contributed by atoms with Gasteiger partial charge in [-0.25, -0.2) is 0 Å². The van der Waals surface area contributed by atoms with Crippen LogP contribution in [-0.4, -0.2) is 22.2 Å². The minimum absolute atomic E-state index is 0. The molecule has 0 aliphatic rings. The van der Waals surface area contributed by atoms with Gasteiger partial charge in [0.25, 0.3) is 0 Å². The van der Waals surface area contributed by atoms with Gasteiger partial charge in [0.15, 0.2) is 0 Å². The van der Waals surface area contributed by atoms with Crippen molar-refractivity contribution < 1.29 is 19.8 Å². The minimum Gasteiger partial charge on any atom is -0.481 e. The molecule has 34 heavy (non-hydrogen) atoms. The van der Waals surface area contributed by atoms with Gasteiger partial charge in [0.1, 0.15) is 0 Å². The van der Waals surface area contributed by atoms with E-state index in [0.29, 0.717) is 12.8 Å². The van der Waals surface area contributed by atoms with Crippen LogP contribution in [0.4, 0.5) is 0 Å². The first-order valence-electron chi connectivity index (χ1n) is 14.0. The Morgan fingerprint density at radius 2 is 0.559 bits per heavy atom. The standard InChI is InChI=1S/2C14H28O2.2ClH/c2*1-2-3-4-5-6-7-8-9-10-11-12-13-14(15)16;;/h2*2-13H2,1H3,(H,15,16);2*1H. The number of halogens is 2. The van der Waals surface area contributed by atoms with Crippen LogP contribution in [0.1, 0.15) is 168 Å². The van der Waals surface area contributed by atoms with E-state index in [1.807, 2.05) is 0 Å². The van der Waals surface area contributed by atoms with E-state index in [1.165, 1.54) is 116 Å². The number of carboxylic acids is 2. The predicted molar refractivity (Wildman–Crippen MR) is 152 cm³/mol. The Morgan fingerprint density at radius 1 is 0.382 bits per heavy atom. The molecule has 0 rings (SSSR count). The molecule has 0 spiro atoms. The Morgan fingerprint density at radius 3 is 0.735 bits per heavy atom. The number of hydrogen-bond donors (Lipinski definition) is 2. The lowest BCUT2D eigenvalue weighted by atomic mass is 10.1. The molecule has 0 heterocycles. The maximum absolute atomic E-state index is 10.3. The van der Waals surface area contributed by atoms with Crippen molar-refractivity contribution in [3.63, 3.8) is 0 Å². The number of carbonyl (C=O) groups is 2. The minimum atomic E-state index is -0.657. The smallest absolute Gasteiger partial charge is 0.303 e. The molecule has 4 nitrogen and oxygen atoms in total. The van der Waals surface area contributed by atoms with Crippen LogP contribution in [0.2, 0.25) is 0 Å². The molecule has 0 aliphatic heterocycles. The van der Waals surface area contributed by atoms with Crippen LogP contribution >= 0.6 is 24.8 Å². The van der Waals surface area contributed by atoms with E-state index in [9.17, 15) is 9.59 Å². The topological polar surface area (TPSA) is 74.6 Å². The molecule has 6 heteroatoms. The summed E-state index contributed by atoms with van der Waals surface area (Å²) in [5.41, 5.74) is 0. The van der Waals surface area contributed by atoms with Gasteiger partial charge in [-0.15, -0.1) is 24.8 Å². The summed E-state index contributed by atoms with van der Waals surface area (Å²) in [5.74, 6) is -1.31. The van der Waals surface area contributed by atoms with Crippen LogP contribution in [0.25, 0.3) is 0 Å². The molecule has 0 aliphatic carbocycles. The molecule has 0 amide bonds. The fourth-order valence-electron chi connectivity index (χ4n) is 3.88. The second-order valence-corrected chi connectivity index (χ2v) is 9.36. The van der Waals surface area contributed by atoms with E-state index < -0.39 is 11.9 Å². The largest absolute Gasteiger partial charge is 0.481 e. The maximum atomic E-state index is 10.3. The lowest BCUT2D eigenvalue weighted by molar-refractivity contribution is -0.138. The monoisotopic (exact) mass is 528 g/mol. The zero-order chi connectivity index (χ0) is 24.1. The number of carboxylic acid groups (broad SMARTS) is 2. The third-order valence-corrected chi connectivity index (χ3v) is 5.99. The van der Waals surface area contributed by atoms with Crippen molar-refractivity contribution in [1.29, 1.82) is 0 Å². The fourth-order valence-corrected chi connectivity index (χ4v) is 3.88. The van der Waals surface area contributed by atoms with Crippen LogP contribution in [-0.2, 0) is 9.59 Å². The quantitative estimate of drug-likeness (QED) is 0.122. The van der Waals surface area contributed by atoms with Crippen molar-refractivity contribution >= 4 is 36.8 Å². The zero-order valence-electron chi connectivity index (χ0n) is 22.5. The van der Waals surface area contributed by atoms with Gasteiger partial charge in [-0.3, -0.25) is 9.59 Å². The highest BCUT2D eigenvalue weighted by Crippen LogP contribution is 2.12. The fraction of sp³-hybridized carbons (Fsp3) is 0.929.